The topological polar surface area (TPSA) is 82.5 Å². The summed E-state index contributed by atoms with van der Waals surface area (Å²) in [7, 11) is 0. The number of urea groups is 1. The number of pyridine rings is 1. The second-order valence-corrected chi connectivity index (χ2v) is 6.00. The normalized spacial score (nSPS) is 23.4. The van der Waals surface area contributed by atoms with Crippen LogP contribution in [0.15, 0.2) is 24.5 Å². The van der Waals surface area contributed by atoms with Crippen molar-refractivity contribution in [2.75, 3.05) is 5.75 Å². The molecule has 2 heterocycles. The SMILES string of the molecule is CC(NC(=O)N1C(C)SCC1C(=O)O)c1cccnc1. The van der Waals surface area contributed by atoms with Gasteiger partial charge in [-0.2, -0.15) is 0 Å². The lowest BCUT2D eigenvalue weighted by Gasteiger charge is -2.27. The van der Waals surface area contributed by atoms with E-state index >= 15 is 0 Å². The Morgan fingerprint density at radius 2 is 2.35 bits per heavy atom. The van der Waals surface area contributed by atoms with Crippen LogP contribution >= 0.6 is 11.8 Å². The van der Waals surface area contributed by atoms with Gasteiger partial charge in [0.2, 0.25) is 0 Å². The minimum Gasteiger partial charge on any atom is -0.480 e. The lowest BCUT2D eigenvalue weighted by atomic mass is 10.1. The van der Waals surface area contributed by atoms with Gasteiger partial charge in [0.25, 0.3) is 0 Å². The van der Waals surface area contributed by atoms with Crippen LogP contribution in [0, 0.1) is 0 Å². The van der Waals surface area contributed by atoms with Crippen molar-refractivity contribution < 1.29 is 14.7 Å². The zero-order chi connectivity index (χ0) is 14.7. The van der Waals surface area contributed by atoms with Crippen LogP contribution in [0.1, 0.15) is 25.5 Å². The van der Waals surface area contributed by atoms with Crippen LogP contribution in [0.3, 0.4) is 0 Å². The Morgan fingerprint density at radius 1 is 1.60 bits per heavy atom. The fourth-order valence-electron chi connectivity index (χ4n) is 2.12. The number of nitrogens with zero attached hydrogens (tertiary/aromatic N) is 2. The molecule has 0 spiro atoms. The van der Waals surface area contributed by atoms with Crippen molar-refractivity contribution in [3.63, 3.8) is 0 Å². The third-order valence-electron chi connectivity index (χ3n) is 3.27. The predicted molar refractivity (Wildman–Crippen MR) is 76.4 cm³/mol. The molecule has 0 aliphatic carbocycles. The van der Waals surface area contributed by atoms with Crippen LogP contribution in [-0.4, -0.2) is 44.2 Å². The van der Waals surface area contributed by atoms with Gasteiger partial charge in [0, 0.05) is 18.1 Å². The van der Waals surface area contributed by atoms with E-state index in [0.717, 1.165) is 5.56 Å². The lowest BCUT2D eigenvalue weighted by Crippen LogP contribution is -2.49. The van der Waals surface area contributed by atoms with Crippen molar-refractivity contribution in [2.24, 2.45) is 0 Å². The quantitative estimate of drug-likeness (QED) is 0.887. The zero-order valence-corrected chi connectivity index (χ0v) is 12.1. The largest absolute Gasteiger partial charge is 0.480 e. The Balaban J connectivity index is 2.05. The standard InChI is InChI=1S/C13H17N3O3S/c1-8(10-4-3-5-14-6-10)15-13(19)16-9(2)20-7-11(16)12(17)18/h3-6,8-9,11H,7H2,1-2H3,(H,15,19)(H,17,18). The average molecular weight is 295 g/mol. The maximum Gasteiger partial charge on any atom is 0.327 e. The number of hydrogen-bond donors (Lipinski definition) is 2. The minimum absolute atomic E-state index is 0.141. The van der Waals surface area contributed by atoms with E-state index in [-0.39, 0.29) is 17.4 Å². The highest BCUT2D eigenvalue weighted by Gasteiger charge is 2.39. The van der Waals surface area contributed by atoms with Gasteiger partial charge in [-0.1, -0.05) is 6.07 Å². The summed E-state index contributed by atoms with van der Waals surface area (Å²) in [6, 6.07) is 2.33. The molecule has 3 unspecified atom stereocenters. The Hall–Kier alpha value is -1.76. The molecule has 0 bridgehead atoms. The summed E-state index contributed by atoms with van der Waals surface area (Å²) >= 11 is 1.46. The number of amides is 2. The van der Waals surface area contributed by atoms with Gasteiger partial charge in [0.15, 0.2) is 0 Å². The number of carbonyl (C=O) groups excluding carboxylic acids is 1. The molecule has 1 fully saturated rings. The van der Waals surface area contributed by atoms with Crippen LogP contribution in [0.5, 0.6) is 0 Å². The molecule has 7 heteroatoms. The summed E-state index contributed by atoms with van der Waals surface area (Å²) < 4.78 is 0. The predicted octanol–water partition coefficient (Wildman–Crippen LogP) is 1.70. The Morgan fingerprint density at radius 3 is 2.95 bits per heavy atom. The maximum atomic E-state index is 12.3. The van der Waals surface area contributed by atoms with Crippen molar-refractivity contribution in [1.29, 1.82) is 0 Å². The number of nitrogens with one attached hydrogen (secondary N) is 1. The third-order valence-corrected chi connectivity index (χ3v) is 4.48. The summed E-state index contributed by atoms with van der Waals surface area (Å²) in [5, 5.41) is 11.8. The molecule has 0 aromatic carbocycles. The number of rotatable bonds is 3. The molecule has 1 aromatic heterocycles. The van der Waals surface area contributed by atoms with E-state index in [1.54, 1.807) is 18.5 Å². The van der Waals surface area contributed by atoms with Gasteiger partial charge >= 0.3 is 12.0 Å². The average Bonchev–Trinajstić information content (AvgIpc) is 2.81. The van der Waals surface area contributed by atoms with Gasteiger partial charge in [0.1, 0.15) is 6.04 Å². The van der Waals surface area contributed by atoms with Crippen LogP contribution < -0.4 is 5.32 Å². The number of aliphatic carboxylic acids is 1. The van der Waals surface area contributed by atoms with E-state index in [1.165, 1.54) is 16.7 Å². The number of aromatic nitrogens is 1. The first kappa shape index (κ1) is 14.6. The molecule has 1 aliphatic heterocycles. The number of hydrogen-bond acceptors (Lipinski definition) is 4. The van der Waals surface area contributed by atoms with Crippen molar-refractivity contribution in [2.45, 2.75) is 31.3 Å². The molecule has 1 saturated heterocycles. The van der Waals surface area contributed by atoms with Crippen molar-refractivity contribution in [3.8, 4) is 0 Å². The van der Waals surface area contributed by atoms with Gasteiger partial charge in [-0.3, -0.25) is 9.88 Å². The highest BCUT2D eigenvalue weighted by Crippen LogP contribution is 2.29. The number of carboxylic acid groups (broad SMARTS) is 1. The van der Waals surface area contributed by atoms with E-state index < -0.39 is 12.0 Å². The van der Waals surface area contributed by atoms with Gasteiger partial charge < -0.3 is 10.4 Å². The van der Waals surface area contributed by atoms with Gasteiger partial charge in [-0.05, 0) is 25.5 Å². The fraction of sp³-hybridized carbons (Fsp3) is 0.462. The van der Waals surface area contributed by atoms with Crippen molar-refractivity contribution >= 4 is 23.8 Å². The molecular formula is C13H17N3O3S. The Kier molecular flexibility index (Phi) is 4.49. The fourth-order valence-corrected chi connectivity index (χ4v) is 3.28. The van der Waals surface area contributed by atoms with E-state index in [4.69, 9.17) is 5.11 Å². The molecule has 1 aromatic rings. The molecule has 2 amide bonds. The van der Waals surface area contributed by atoms with Gasteiger partial charge in [-0.15, -0.1) is 11.8 Å². The smallest absolute Gasteiger partial charge is 0.327 e. The van der Waals surface area contributed by atoms with Gasteiger partial charge in [0.05, 0.1) is 11.4 Å². The van der Waals surface area contributed by atoms with E-state index in [2.05, 4.69) is 10.3 Å². The van der Waals surface area contributed by atoms with Gasteiger partial charge in [-0.25, -0.2) is 9.59 Å². The number of carbonyl (C=O) groups is 2. The molecule has 0 saturated carbocycles. The molecule has 2 rings (SSSR count). The Bertz CT molecular complexity index is 497. The number of thioether (sulfide) groups is 1. The van der Waals surface area contributed by atoms with Crippen LogP contribution in [-0.2, 0) is 4.79 Å². The summed E-state index contributed by atoms with van der Waals surface area (Å²) in [6.45, 7) is 3.68. The highest BCUT2D eigenvalue weighted by atomic mass is 32.2. The van der Waals surface area contributed by atoms with Crippen LogP contribution in [0.25, 0.3) is 0 Å². The van der Waals surface area contributed by atoms with Crippen LogP contribution in [0.4, 0.5) is 4.79 Å². The maximum absolute atomic E-state index is 12.3. The summed E-state index contributed by atoms with van der Waals surface area (Å²) in [5.74, 6) is -0.545. The molecule has 3 atom stereocenters. The first-order valence-corrected chi connectivity index (χ1v) is 7.38. The monoisotopic (exact) mass is 295 g/mol. The number of carboxylic acids is 1. The first-order chi connectivity index (χ1) is 9.50. The second-order valence-electron chi connectivity index (χ2n) is 4.65. The Labute approximate surface area is 121 Å². The lowest BCUT2D eigenvalue weighted by molar-refractivity contribution is -0.141. The van der Waals surface area contributed by atoms with Crippen molar-refractivity contribution in [3.05, 3.63) is 30.1 Å². The summed E-state index contributed by atoms with van der Waals surface area (Å²) in [4.78, 5) is 28.8. The molecule has 108 valence electrons. The highest BCUT2D eigenvalue weighted by molar-refractivity contribution is 8.00. The molecule has 20 heavy (non-hydrogen) atoms. The van der Waals surface area contributed by atoms with E-state index in [1.807, 2.05) is 19.9 Å². The molecule has 2 N–H and O–H groups in total. The zero-order valence-electron chi connectivity index (χ0n) is 11.3. The van der Waals surface area contributed by atoms with E-state index in [0.29, 0.717) is 5.75 Å². The van der Waals surface area contributed by atoms with E-state index in [9.17, 15) is 9.59 Å². The molecule has 1 aliphatic rings. The summed E-state index contributed by atoms with van der Waals surface area (Å²) in [5.41, 5.74) is 0.882. The van der Waals surface area contributed by atoms with Crippen molar-refractivity contribution in [1.82, 2.24) is 15.2 Å². The minimum atomic E-state index is -0.967. The molecule has 0 radical (unpaired) electrons. The third kappa shape index (κ3) is 3.04. The second kappa shape index (κ2) is 6.13. The molecular weight excluding hydrogens is 278 g/mol. The first-order valence-electron chi connectivity index (χ1n) is 6.34. The molecule has 6 nitrogen and oxygen atoms in total. The van der Waals surface area contributed by atoms with Crippen LogP contribution in [0.2, 0.25) is 0 Å². The summed E-state index contributed by atoms with van der Waals surface area (Å²) in [6.07, 6.45) is 3.35.